The molecular formula is C11H15ClN4. The monoisotopic (exact) mass is 238 g/mol. The molecule has 1 spiro atoms. The van der Waals surface area contributed by atoms with Crippen molar-refractivity contribution in [2.24, 2.45) is 12.5 Å². The van der Waals surface area contributed by atoms with E-state index in [4.69, 9.17) is 5.26 Å². The highest BCUT2D eigenvalue weighted by molar-refractivity contribution is 5.85. The first kappa shape index (κ1) is 11.4. The largest absolute Gasteiger partial charge is 0.308 e. The van der Waals surface area contributed by atoms with Crippen LogP contribution in [-0.2, 0) is 7.05 Å². The van der Waals surface area contributed by atoms with Crippen LogP contribution >= 0.6 is 12.4 Å². The summed E-state index contributed by atoms with van der Waals surface area (Å²) in [6, 6.07) is 4.41. The average molecular weight is 239 g/mol. The molecule has 1 aliphatic carbocycles. The summed E-state index contributed by atoms with van der Waals surface area (Å²) in [5.74, 6) is 0. The van der Waals surface area contributed by atoms with E-state index in [2.05, 4.69) is 16.5 Å². The third-order valence-electron chi connectivity index (χ3n) is 3.69. The molecule has 2 aliphatic rings. The quantitative estimate of drug-likeness (QED) is 0.807. The highest BCUT2D eigenvalue weighted by Crippen LogP contribution is 2.54. The molecule has 1 saturated heterocycles. The molecule has 3 rings (SSSR count). The number of nitrogens with zero attached hydrogens (tertiary/aromatic N) is 3. The van der Waals surface area contributed by atoms with Gasteiger partial charge in [-0.15, -0.1) is 12.4 Å². The van der Waals surface area contributed by atoms with E-state index in [-0.39, 0.29) is 12.4 Å². The molecule has 0 aromatic carbocycles. The summed E-state index contributed by atoms with van der Waals surface area (Å²) in [6.45, 7) is 1.12. The van der Waals surface area contributed by atoms with Gasteiger partial charge in [-0.25, -0.2) is 0 Å². The molecule has 2 heterocycles. The number of nitriles is 1. The van der Waals surface area contributed by atoms with Gasteiger partial charge in [-0.2, -0.15) is 10.4 Å². The Morgan fingerprint density at radius 1 is 1.62 bits per heavy atom. The maximum atomic E-state index is 8.86. The van der Waals surface area contributed by atoms with Crippen molar-refractivity contribution in [3.63, 3.8) is 0 Å². The molecule has 0 amide bonds. The Hall–Kier alpha value is -1.05. The van der Waals surface area contributed by atoms with Crippen molar-refractivity contribution in [1.82, 2.24) is 15.1 Å². The Balaban J connectivity index is 0.000000963. The van der Waals surface area contributed by atoms with E-state index in [1.807, 2.05) is 13.1 Å². The van der Waals surface area contributed by atoms with Gasteiger partial charge < -0.3 is 5.32 Å². The Bertz CT molecular complexity index is 441. The summed E-state index contributed by atoms with van der Waals surface area (Å²) in [7, 11) is 1.82. The Labute approximate surface area is 101 Å². The molecule has 1 aliphatic heterocycles. The van der Waals surface area contributed by atoms with Gasteiger partial charge in [0.2, 0.25) is 0 Å². The zero-order chi connectivity index (χ0) is 10.5. The van der Waals surface area contributed by atoms with Crippen LogP contribution in [0.1, 0.15) is 36.7 Å². The first-order chi connectivity index (χ1) is 7.22. The summed E-state index contributed by atoms with van der Waals surface area (Å²) >= 11 is 0. The molecule has 86 valence electrons. The van der Waals surface area contributed by atoms with Crippen LogP contribution in [0.4, 0.5) is 0 Å². The van der Waals surface area contributed by atoms with Gasteiger partial charge >= 0.3 is 0 Å². The van der Waals surface area contributed by atoms with E-state index < -0.39 is 0 Å². The van der Waals surface area contributed by atoms with E-state index in [0.29, 0.717) is 17.2 Å². The van der Waals surface area contributed by atoms with Crippen LogP contribution < -0.4 is 5.32 Å². The van der Waals surface area contributed by atoms with Crippen LogP contribution in [0.25, 0.3) is 0 Å². The number of aromatic nitrogens is 2. The minimum atomic E-state index is 0. The van der Waals surface area contributed by atoms with Crippen molar-refractivity contribution in [1.29, 1.82) is 5.26 Å². The number of aryl methyl sites for hydroxylation is 1. The first-order valence-corrected chi connectivity index (χ1v) is 5.40. The Morgan fingerprint density at radius 2 is 2.38 bits per heavy atom. The van der Waals surface area contributed by atoms with E-state index in [9.17, 15) is 0 Å². The molecular weight excluding hydrogens is 224 g/mol. The molecule has 1 atom stereocenters. The molecule has 5 heteroatoms. The van der Waals surface area contributed by atoms with Gasteiger partial charge in [0.15, 0.2) is 0 Å². The second-order valence-corrected chi connectivity index (χ2v) is 4.83. The number of nitrogens with one attached hydrogen (secondary N) is 1. The number of halogens is 1. The zero-order valence-corrected chi connectivity index (χ0v) is 10.0. The minimum absolute atomic E-state index is 0. The highest BCUT2D eigenvalue weighted by Gasteiger charge is 2.48. The van der Waals surface area contributed by atoms with E-state index in [1.54, 1.807) is 4.68 Å². The van der Waals surface area contributed by atoms with Gasteiger partial charge in [-0.05, 0) is 30.7 Å². The minimum Gasteiger partial charge on any atom is -0.308 e. The summed E-state index contributed by atoms with van der Waals surface area (Å²) in [5.41, 5.74) is 2.25. The number of hydrogen-bond donors (Lipinski definition) is 1. The maximum Gasteiger partial charge on any atom is 0.138 e. The lowest BCUT2D eigenvalue weighted by Crippen LogP contribution is -2.14. The van der Waals surface area contributed by atoms with Gasteiger partial charge in [0.25, 0.3) is 0 Å². The van der Waals surface area contributed by atoms with Gasteiger partial charge in [-0.1, -0.05) is 0 Å². The summed E-state index contributed by atoms with van der Waals surface area (Å²) in [6.07, 6.45) is 3.90. The molecule has 1 saturated carbocycles. The van der Waals surface area contributed by atoms with Crippen molar-refractivity contribution in [2.45, 2.75) is 25.3 Å². The smallest absolute Gasteiger partial charge is 0.138 e. The fraction of sp³-hybridized carbons (Fsp3) is 0.636. The maximum absolute atomic E-state index is 8.86. The molecule has 0 unspecified atom stereocenters. The van der Waals surface area contributed by atoms with Gasteiger partial charge in [0, 0.05) is 13.6 Å². The number of rotatable bonds is 1. The molecule has 1 aromatic heterocycles. The van der Waals surface area contributed by atoms with Crippen molar-refractivity contribution in [3.05, 3.63) is 17.5 Å². The third-order valence-corrected chi connectivity index (χ3v) is 3.69. The Kier molecular flexibility index (Phi) is 2.69. The highest BCUT2D eigenvalue weighted by atomic mass is 35.5. The van der Waals surface area contributed by atoms with Crippen molar-refractivity contribution < 1.29 is 0 Å². The average Bonchev–Trinajstić information content (AvgIpc) is 2.69. The standard InChI is InChI=1S/C11H14N4.ClH/c1-15-8(6-12)4-9(14-15)10-5-11(2-3-11)7-13-10;/h4,10,13H,2-3,5,7H2,1H3;1H/t10-;/m0./s1. The molecule has 4 nitrogen and oxygen atoms in total. The van der Waals surface area contributed by atoms with E-state index in [1.165, 1.54) is 19.3 Å². The lowest BCUT2D eigenvalue weighted by atomic mass is 10.0. The van der Waals surface area contributed by atoms with Crippen LogP contribution in [-0.4, -0.2) is 16.3 Å². The van der Waals surface area contributed by atoms with Crippen LogP contribution in [0.5, 0.6) is 0 Å². The first-order valence-electron chi connectivity index (χ1n) is 5.40. The fourth-order valence-electron chi connectivity index (χ4n) is 2.45. The molecule has 1 N–H and O–H groups in total. The second kappa shape index (κ2) is 3.76. The zero-order valence-electron chi connectivity index (χ0n) is 9.23. The predicted molar refractivity (Wildman–Crippen MR) is 62.2 cm³/mol. The lowest BCUT2D eigenvalue weighted by molar-refractivity contribution is 0.543. The predicted octanol–water partition coefficient (Wildman–Crippen LogP) is 1.53. The van der Waals surface area contributed by atoms with Crippen LogP contribution in [0.2, 0.25) is 0 Å². The van der Waals surface area contributed by atoms with Gasteiger partial charge in [0.05, 0.1) is 11.7 Å². The van der Waals surface area contributed by atoms with Crippen molar-refractivity contribution in [2.75, 3.05) is 6.54 Å². The molecule has 1 aromatic rings. The van der Waals surface area contributed by atoms with Crippen molar-refractivity contribution >= 4 is 12.4 Å². The van der Waals surface area contributed by atoms with Gasteiger partial charge in [-0.3, -0.25) is 4.68 Å². The van der Waals surface area contributed by atoms with E-state index in [0.717, 1.165) is 12.2 Å². The molecule has 0 radical (unpaired) electrons. The normalized spacial score (nSPS) is 25.1. The molecule has 2 fully saturated rings. The lowest BCUT2D eigenvalue weighted by Gasteiger charge is -2.05. The number of hydrogen-bond acceptors (Lipinski definition) is 3. The SMILES string of the molecule is Cl.Cn1nc([C@@H]2CC3(CC3)CN2)cc1C#N. The van der Waals surface area contributed by atoms with Crippen LogP contribution in [0.3, 0.4) is 0 Å². The fourth-order valence-corrected chi connectivity index (χ4v) is 2.45. The van der Waals surface area contributed by atoms with Crippen LogP contribution in [0, 0.1) is 16.7 Å². The van der Waals surface area contributed by atoms with Gasteiger partial charge in [0.1, 0.15) is 11.8 Å². The molecule has 0 bridgehead atoms. The van der Waals surface area contributed by atoms with Crippen molar-refractivity contribution in [3.8, 4) is 6.07 Å². The van der Waals surface area contributed by atoms with Crippen LogP contribution in [0.15, 0.2) is 6.07 Å². The summed E-state index contributed by atoms with van der Waals surface area (Å²) < 4.78 is 1.66. The summed E-state index contributed by atoms with van der Waals surface area (Å²) in [4.78, 5) is 0. The third kappa shape index (κ3) is 1.70. The second-order valence-electron chi connectivity index (χ2n) is 4.83. The Morgan fingerprint density at radius 3 is 2.88 bits per heavy atom. The van der Waals surface area contributed by atoms with E-state index >= 15 is 0 Å². The topological polar surface area (TPSA) is 53.6 Å². The molecule has 16 heavy (non-hydrogen) atoms. The summed E-state index contributed by atoms with van der Waals surface area (Å²) in [5, 5.41) is 16.8.